The molecular formula is C16H23N3O8. The smallest absolute Gasteiger partial charge is 0.330 e. The van der Waals surface area contributed by atoms with Gasteiger partial charge in [-0.05, 0) is 19.3 Å². The summed E-state index contributed by atoms with van der Waals surface area (Å²) in [4.78, 5) is 36.7. The van der Waals surface area contributed by atoms with E-state index in [2.05, 4.69) is 4.98 Å². The van der Waals surface area contributed by atoms with Gasteiger partial charge in [0.1, 0.15) is 12.7 Å². The number of carbonyl (C=O) groups excluding carboxylic acids is 1. The lowest BCUT2D eigenvalue weighted by molar-refractivity contribution is -0.231. The molecule has 0 aliphatic carbocycles. The van der Waals surface area contributed by atoms with Crippen molar-refractivity contribution >= 4 is 5.97 Å². The van der Waals surface area contributed by atoms with Crippen molar-refractivity contribution in [2.75, 3.05) is 13.2 Å². The standard InChI is InChI=1S/C16H23N3O8/c1-9(20)25-8-10-16(17,23)13(27-12-4-2-3-7-24-12)14(26-10)19-6-5-11(21)18-15(19)22/h5-6,10,12-14,23H,2-4,7-8,17H2,1H3,(H,18,21,22)/t10-,12?,13+,14-,16-/m1/s1. The first-order chi connectivity index (χ1) is 12.8. The van der Waals surface area contributed by atoms with E-state index in [1.807, 2.05) is 0 Å². The second-order valence-electron chi connectivity index (χ2n) is 6.58. The number of aromatic amines is 1. The molecule has 0 radical (unpaired) electrons. The molecule has 0 amide bonds. The van der Waals surface area contributed by atoms with Gasteiger partial charge in [-0.15, -0.1) is 0 Å². The van der Waals surface area contributed by atoms with Gasteiger partial charge in [-0.1, -0.05) is 0 Å². The van der Waals surface area contributed by atoms with Gasteiger partial charge in [0.2, 0.25) is 0 Å². The number of esters is 1. The molecule has 0 spiro atoms. The molecule has 3 heterocycles. The summed E-state index contributed by atoms with van der Waals surface area (Å²) in [5.74, 6) is -0.577. The highest BCUT2D eigenvalue weighted by atomic mass is 16.7. The first-order valence-corrected chi connectivity index (χ1v) is 8.67. The minimum Gasteiger partial charge on any atom is -0.463 e. The topological polar surface area (TPSA) is 155 Å². The average molecular weight is 385 g/mol. The lowest BCUT2D eigenvalue weighted by Gasteiger charge is -2.33. The van der Waals surface area contributed by atoms with Crippen LogP contribution in [0.4, 0.5) is 0 Å². The molecule has 2 aliphatic heterocycles. The van der Waals surface area contributed by atoms with Crippen molar-refractivity contribution in [2.24, 2.45) is 5.73 Å². The average Bonchev–Trinajstić information content (AvgIpc) is 2.85. The Morgan fingerprint density at radius 1 is 1.48 bits per heavy atom. The molecule has 11 nitrogen and oxygen atoms in total. The van der Waals surface area contributed by atoms with Gasteiger partial charge in [-0.2, -0.15) is 0 Å². The maximum Gasteiger partial charge on any atom is 0.330 e. The summed E-state index contributed by atoms with van der Waals surface area (Å²) in [6.45, 7) is 1.38. The lowest BCUT2D eigenvalue weighted by Crippen LogP contribution is -2.59. The molecule has 0 saturated carbocycles. The van der Waals surface area contributed by atoms with Gasteiger partial charge in [0.15, 0.2) is 24.3 Å². The summed E-state index contributed by atoms with van der Waals surface area (Å²) in [6, 6.07) is 1.13. The molecule has 0 bridgehead atoms. The predicted molar refractivity (Wildman–Crippen MR) is 89.5 cm³/mol. The van der Waals surface area contributed by atoms with E-state index >= 15 is 0 Å². The van der Waals surface area contributed by atoms with Crippen LogP contribution in [-0.4, -0.2) is 58.1 Å². The highest BCUT2D eigenvalue weighted by Crippen LogP contribution is 2.37. The monoisotopic (exact) mass is 385 g/mol. The van der Waals surface area contributed by atoms with Crippen molar-refractivity contribution < 1.29 is 28.8 Å². The zero-order valence-electron chi connectivity index (χ0n) is 14.8. The molecule has 1 unspecified atom stereocenters. The summed E-state index contributed by atoms with van der Waals surface area (Å²) in [5.41, 5.74) is 2.64. The predicted octanol–water partition coefficient (Wildman–Crippen LogP) is -1.44. The number of aromatic nitrogens is 2. The van der Waals surface area contributed by atoms with Crippen molar-refractivity contribution in [1.29, 1.82) is 0 Å². The Morgan fingerprint density at radius 2 is 2.26 bits per heavy atom. The Morgan fingerprint density at radius 3 is 2.89 bits per heavy atom. The Kier molecular flexibility index (Phi) is 5.77. The third-order valence-electron chi connectivity index (χ3n) is 4.53. The number of H-pyrrole nitrogens is 1. The molecule has 150 valence electrons. The van der Waals surface area contributed by atoms with Gasteiger partial charge in [-0.25, -0.2) is 4.79 Å². The number of rotatable bonds is 5. The van der Waals surface area contributed by atoms with E-state index in [0.717, 1.165) is 23.5 Å². The number of hydrogen-bond donors (Lipinski definition) is 3. The SMILES string of the molecule is CC(=O)OC[C@H]1O[C@@H](n2ccc(=O)[nH]c2=O)[C@H](OC2CCCCO2)[C@]1(N)O. The summed E-state index contributed by atoms with van der Waals surface area (Å²) >= 11 is 0. The summed E-state index contributed by atoms with van der Waals surface area (Å²) in [5, 5.41) is 10.8. The molecule has 11 heteroatoms. The van der Waals surface area contributed by atoms with Crippen LogP contribution in [0.3, 0.4) is 0 Å². The van der Waals surface area contributed by atoms with E-state index in [1.54, 1.807) is 0 Å². The van der Waals surface area contributed by atoms with Gasteiger partial charge in [0.25, 0.3) is 5.56 Å². The van der Waals surface area contributed by atoms with Crippen LogP contribution in [0.1, 0.15) is 32.4 Å². The van der Waals surface area contributed by atoms with Crippen molar-refractivity contribution in [3.8, 4) is 0 Å². The molecule has 1 aromatic rings. The van der Waals surface area contributed by atoms with E-state index in [9.17, 15) is 19.5 Å². The highest BCUT2D eigenvalue weighted by molar-refractivity contribution is 5.65. The number of aliphatic hydroxyl groups is 1. The minimum absolute atomic E-state index is 0.331. The largest absolute Gasteiger partial charge is 0.463 e. The number of nitrogens with two attached hydrogens (primary N) is 1. The third-order valence-corrected chi connectivity index (χ3v) is 4.53. The summed E-state index contributed by atoms with van der Waals surface area (Å²) in [6.07, 6.45) is -0.564. The molecular weight excluding hydrogens is 362 g/mol. The first-order valence-electron chi connectivity index (χ1n) is 8.67. The number of nitrogens with zero attached hydrogens (tertiary/aromatic N) is 1. The third kappa shape index (κ3) is 4.28. The second kappa shape index (κ2) is 7.90. The van der Waals surface area contributed by atoms with Crippen molar-refractivity contribution in [2.45, 2.75) is 56.6 Å². The van der Waals surface area contributed by atoms with E-state index in [4.69, 9.17) is 24.7 Å². The van der Waals surface area contributed by atoms with Crippen molar-refractivity contribution in [3.05, 3.63) is 33.1 Å². The molecule has 2 aliphatic rings. The van der Waals surface area contributed by atoms with Crippen molar-refractivity contribution in [3.63, 3.8) is 0 Å². The van der Waals surface area contributed by atoms with Crippen LogP contribution >= 0.6 is 0 Å². The van der Waals surface area contributed by atoms with Crippen LogP contribution in [0.2, 0.25) is 0 Å². The quantitative estimate of drug-likeness (QED) is 0.408. The van der Waals surface area contributed by atoms with Gasteiger partial charge in [0.05, 0.1) is 0 Å². The maximum atomic E-state index is 12.2. The van der Waals surface area contributed by atoms with E-state index < -0.39 is 47.7 Å². The van der Waals surface area contributed by atoms with Crippen LogP contribution in [0.5, 0.6) is 0 Å². The highest BCUT2D eigenvalue weighted by Gasteiger charge is 2.56. The Balaban J connectivity index is 1.90. The molecule has 4 N–H and O–H groups in total. The normalized spacial score (nSPS) is 33.7. The van der Waals surface area contributed by atoms with E-state index in [1.165, 1.54) is 13.1 Å². The second-order valence-corrected chi connectivity index (χ2v) is 6.58. The van der Waals surface area contributed by atoms with Crippen LogP contribution in [-0.2, 0) is 23.7 Å². The van der Waals surface area contributed by atoms with E-state index in [0.29, 0.717) is 13.0 Å². The van der Waals surface area contributed by atoms with Gasteiger partial charge in [-0.3, -0.25) is 24.9 Å². The number of carbonyl (C=O) groups is 1. The molecule has 1 aromatic heterocycles. The number of ether oxygens (including phenoxy) is 4. The fourth-order valence-electron chi connectivity index (χ4n) is 3.12. The van der Waals surface area contributed by atoms with Gasteiger partial charge in [0, 0.05) is 25.8 Å². The van der Waals surface area contributed by atoms with Gasteiger partial charge < -0.3 is 24.1 Å². The molecule has 2 saturated heterocycles. The van der Waals surface area contributed by atoms with Crippen LogP contribution in [0.25, 0.3) is 0 Å². The fraction of sp³-hybridized carbons (Fsp3) is 0.688. The molecule has 2 fully saturated rings. The first kappa shape index (κ1) is 19.7. The minimum atomic E-state index is -2.07. The molecule has 5 atom stereocenters. The Labute approximate surface area is 154 Å². The van der Waals surface area contributed by atoms with Crippen LogP contribution in [0.15, 0.2) is 21.9 Å². The van der Waals surface area contributed by atoms with Crippen molar-refractivity contribution in [1.82, 2.24) is 9.55 Å². The molecule has 27 heavy (non-hydrogen) atoms. The summed E-state index contributed by atoms with van der Waals surface area (Å²) in [7, 11) is 0. The summed E-state index contributed by atoms with van der Waals surface area (Å²) < 4.78 is 23.0. The molecule has 0 aromatic carbocycles. The zero-order valence-corrected chi connectivity index (χ0v) is 14.8. The Bertz CT molecular complexity index is 782. The fourth-order valence-corrected chi connectivity index (χ4v) is 3.12. The van der Waals surface area contributed by atoms with Crippen LogP contribution < -0.4 is 17.0 Å². The van der Waals surface area contributed by atoms with Crippen LogP contribution in [0, 0.1) is 0 Å². The number of hydrogen-bond acceptors (Lipinski definition) is 9. The lowest BCUT2D eigenvalue weighted by atomic mass is 10.0. The molecule has 3 rings (SSSR count). The Hall–Kier alpha value is -2.05. The van der Waals surface area contributed by atoms with E-state index in [-0.39, 0.29) is 6.61 Å². The number of nitrogens with one attached hydrogen (secondary N) is 1. The maximum absolute atomic E-state index is 12.2. The zero-order chi connectivity index (χ0) is 19.6. The van der Waals surface area contributed by atoms with Gasteiger partial charge >= 0.3 is 11.7 Å².